The van der Waals surface area contributed by atoms with Crippen molar-refractivity contribution in [2.24, 2.45) is 23.7 Å². The minimum atomic E-state index is -0.464. The van der Waals surface area contributed by atoms with Crippen LogP contribution in [0.2, 0.25) is 0 Å². The van der Waals surface area contributed by atoms with E-state index in [0.717, 1.165) is 18.4 Å². The standard InChI is InChI=1S/C17H16N2O4/c20-16-14-11-3-4-12(6-5-11)15(14)17(21)18(16)9-10-1-7-13(8-2-10)19(22)23/h1-4,7-8,11-12,14-15H,5-6,9H2/t11-,12-,14+,15+/m0/s1. The third-order valence-electron chi connectivity index (χ3n) is 5.34. The van der Waals surface area contributed by atoms with Crippen molar-refractivity contribution in [3.8, 4) is 0 Å². The first-order valence-corrected chi connectivity index (χ1v) is 7.83. The number of non-ortho nitro benzene ring substituents is 1. The molecule has 118 valence electrons. The molecule has 1 aliphatic heterocycles. The SMILES string of the molecule is O=C1[C@H]2[C@H](C(=O)N1Cc1ccc([N+](=O)[O-])cc1)[C@H]1C=C[C@H]2CC1. The van der Waals surface area contributed by atoms with Crippen LogP contribution in [-0.2, 0) is 16.1 Å². The maximum atomic E-state index is 12.7. The largest absolute Gasteiger partial charge is 0.278 e. The minimum Gasteiger partial charge on any atom is -0.278 e. The lowest BCUT2D eigenvalue weighted by molar-refractivity contribution is -0.384. The van der Waals surface area contributed by atoms with Gasteiger partial charge < -0.3 is 0 Å². The maximum absolute atomic E-state index is 12.7. The number of nitro groups is 1. The summed E-state index contributed by atoms with van der Waals surface area (Å²) in [6, 6.07) is 6.01. The van der Waals surface area contributed by atoms with E-state index in [2.05, 4.69) is 12.2 Å². The second-order valence-electron chi connectivity index (χ2n) is 6.53. The van der Waals surface area contributed by atoms with Gasteiger partial charge in [0.1, 0.15) is 0 Å². The third kappa shape index (κ3) is 2.09. The van der Waals surface area contributed by atoms with Crippen LogP contribution in [0.25, 0.3) is 0 Å². The maximum Gasteiger partial charge on any atom is 0.269 e. The first-order valence-electron chi connectivity index (χ1n) is 7.83. The fourth-order valence-corrected chi connectivity index (χ4v) is 4.20. The number of hydrogen-bond donors (Lipinski definition) is 0. The monoisotopic (exact) mass is 312 g/mol. The lowest BCUT2D eigenvalue weighted by atomic mass is 9.63. The summed E-state index contributed by atoms with van der Waals surface area (Å²) in [7, 11) is 0. The Balaban J connectivity index is 1.57. The van der Waals surface area contributed by atoms with Crippen LogP contribution in [0.5, 0.6) is 0 Å². The summed E-state index contributed by atoms with van der Waals surface area (Å²) in [5, 5.41) is 10.7. The summed E-state index contributed by atoms with van der Waals surface area (Å²) in [5.41, 5.74) is 0.736. The zero-order chi connectivity index (χ0) is 16.1. The lowest BCUT2D eigenvalue weighted by Gasteiger charge is -2.38. The summed E-state index contributed by atoms with van der Waals surface area (Å²) < 4.78 is 0. The van der Waals surface area contributed by atoms with Gasteiger partial charge in [0.2, 0.25) is 11.8 Å². The van der Waals surface area contributed by atoms with E-state index >= 15 is 0 Å². The van der Waals surface area contributed by atoms with Crippen LogP contribution in [0.1, 0.15) is 18.4 Å². The highest BCUT2D eigenvalue weighted by molar-refractivity contribution is 6.06. The lowest BCUT2D eigenvalue weighted by Crippen LogP contribution is -2.38. The predicted octanol–water partition coefficient (Wildman–Crippen LogP) is 2.29. The molecule has 2 bridgehead atoms. The third-order valence-corrected chi connectivity index (χ3v) is 5.34. The molecule has 4 atom stereocenters. The Morgan fingerprint density at radius 2 is 1.52 bits per heavy atom. The van der Waals surface area contributed by atoms with Crippen molar-refractivity contribution in [1.29, 1.82) is 0 Å². The van der Waals surface area contributed by atoms with Gasteiger partial charge in [-0.05, 0) is 30.2 Å². The highest BCUT2D eigenvalue weighted by Crippen LogP contribution is 2.49. The quantitative estimate of drug-likeness (QED) is 0.371. The summed E-state index contributed by atoms with van der Waals surface area (Å²) in [6.07, 6.45) is 6.14. The molecule has 0 unspecified atom stereocenters. The minimum absolute atomic E-state index is 0.00346. The Hall–Kier alpha value is -2.50. The van der Waals surface area contributed by atoms with Crippen LogP contribution >= 0.6 is 0 Å². The highest BCUT2D eigenvalue weighted by Gasteiger charge is 2.56. The van der Waals surface area contributed by atoms with Gasteiger partial charge >= 0.3 is 0 Å². The Kier molecular flexibility index (Phi) is 3.07. The van der Waals surface area contributed by atoms with Crippen molar-refractivity contribution >= 4 is 17.5 Å². The van der Waals surface area contributed by atoms with Crippen molar-refractivity contribution in [3.05, 3.63) is 52.1 Å². The number of nitrogens with zero attached hydrogens (tertiary/aromatic N) is 2. The van der Waals surface area contributed by atoms with Crippen LogP contribution < -0.4 is 0 Å². The topological polar surface area (TPSA) is 80.5 Å². The van der Waals surface area contributed by atoms with Crippen molar-refractivity contribution in [2.75, 3.05) is 0 Å². The van der Waals surface area contributed by atoms with Crippen molar-refractivity contribution in [1.82, 2.24) is 4.90 Å². The Morgan fingerprint density at radius 1 is 1.00 bits per heavy atom. The van der Waals surface area contributed by atoms with E-state index < -0.39 is 4.92 Å². The van der Waals surface area contributed by atoms with Gasteiger partial charge in [-0.15, -0.1) is 0 Å². The second kappa shape index (κ2) is 5.01. The van der Waals surface area contributed by atoms with Crippen LogP contribution in [0, 0.1) is 33.8 Å². The van der Waals surface area contributed by atoms with Crippen LogP contribution in [0.15, 0.2) is 36.4 Å². The summed E-state index contributed by atoms with van der Waals surface area (Å²) in [4.78, 5) is 36.9. The number of allylic oxidation sites excluding steroid dienone is 2. The molecule has 0 N–H and O–H groups in total. The molecule has 5 rings (SSSR count). The van der Waals surface area contributed by atoms with Gasteiger partial charge in [-0.3, -0.25) is 24.6 Å². The van der Waals surface area contributed by atoms with Gasteiger partial charge in [0.15, 0.2) is 0 Å². The molecule has 6 heteroatoms. The van der Waals surface area contributed by atoms with Gasteiger partial charge in [0.05, 0.1) is 23.3 Å². The molecule has 0 spiro atoms. The van der Waals surface area contributed by atoms with E-state index in [9.17, 15) is 19.7 Å². The number of hydrogen-bond acceptors (Lipinski definition) is 4. The zero-order valence-electron chi connectivity index (χ0n) is 12.4. The van der Waals surface area contributed by atoms with E-state index in [1.807, 2.05) is 0 Å². The normalized spacial score (nSPS) is 31.6. The molecule has 0 radical (unpaired) electrons. The molecule has 1 aromatic rings. The zero-order valence-corrected chi connectivity index (χ0v) is 12.4. The van der Waals surface area contributed by atoms with Gasteiger partial charge in [0, 0.05) is 12.1 Å². The Bertz CT molecular complexity index is 693. The van der Waals surface area contributed by atoms with Gasteiger partial charge in [0.25, 0.3) is 5.69 Å². The number of amides is 2. The molecule has 0 aromatic heterocycles. The smallest absolute Gasteiger partial charge is 0.269 e. The molecular weight excluding hydrogens is 296 g/mol. The molecule has 1 saturated heterocycles. The van der Waals surface area contributed by atoms with Crippen molar-refractivity contribution in [2.45, 2.75) is 19.4 Å². The van der Waals surface area contributed by atoms with Crippen LogP contribution in [0.4, 0.5) is 5.69 Å². The summed E-state index contributed by atoms with van der Waals surface area (Å²) >= 11 is 0. The van der Waals surface area contributed by atoms with Gasteiger partial charge in [-0.25, -0.2) is 0 Å². The number of fused-ring (bicyclic) bond motifs is 1. The molecule has 3 aliphatic carbocycles. The number of imide groups is 1. The van der Waals surface area contributed by atoms with Crippen molar-refractivity contribution < 1.29 is 14.5 Å². The molecule has 1 saturated carbocycles. The average molecular weight is 312 g/mol. The molecule has 1 heterocycles. The summed E-state index contributed by atoms with van der Waals surface area (Å²) in [5.74, 6) is -0.213. The Labute approximate surface area is 132 Å². The number of nitro benzene ring substituents is 1. The number of benzene rings is 1. The van der Waals surface area contributed by atoms with E-state index in [1.54, 1.807) is 12.1 Å². The molecule has 4 aliphatic rings. The molecule has 2 fully saturated rings. The number of carbonyl (C=O) groups excluding carboxylic acids is 2. The number of likely N-dealkylation sites (tertiary alicyclic amines) is 1. The van der Waals surface area contributed by atoms with E-state index in [0.29, 0.717) is 0 Å². The fraction of sp³-hybridized carbons (Fsp3) is 0.412. The number of rotatable bonds is 3. The molecule has 1 aromatic carbocycles. The molecule has 6 nitrogen and oxygen atoms in total. The average Bonchev–Trinajstić information content (AvgIpc) is 2.83. The molecular formula is C17H16N2O4. The first-order chi connectivity index (χ1) is 11.1. The summed E-state index contributed by atoms with van der Waals surface area (Å²) in [6.45, 7) is 0.197. The van der Waals surface area contributed by atoms with E-state index in [-0.39, 0.29) is 47.7 Å². The number of carbonyl (C=O) groups is 2. The molecule has 2 amide bonds. The fourth-order valence-electron chi connectivity index (χ4n) is 4.20. The van der Waals surface area contributed by atoms with Crippen LogP contribution in [0.3, 0.4) is 0 Å². The second-order valence-corrected chi connectivity index (χ2v) is 6.53. The van der Waals surface area contributed by atoms with Crippen LogP contribution in [-0.4, -0.2) is 21.6 Å². The van der Waals surface area contributed by atoms with Gasteiger partial charge in [-0.2, -0.15) is 0 Å². The van der Waals surface area contributed by atoms with E-state index in [1.165, 1.54) is 17.0 Å². The molecule has 23 heavy (non-hydrogen) atoms. The first kappa shape index (κ1) is 14.1. The van der Waals surface area contributed by atoms with E-state index in [4.69, 9.17) is 0 Å². The van der Waals surface area contributed by atoms with Crippen molar-refractivity contribution in [3.63, 3.8) is 0 Å². The highest BCUT2D eigenvalue weighted by atomic mass is 16.6. The Morgan fingerprint density at radius 3 is 1.96 bits per heavy atom. The predicted molar refractivity (Wildman–Crippen MR) is 81.0 cm³/mol. The van der Waals surface area contributed by atoms with Gasteiger partial charge in [-0.1, -0.05) is 24.3 Å².